The summed E-state index contributed by atoms with van der Waals surface area (Å²) < 4.78 is 0. The molecule has 0 saturated heterocycles. The molecule has 2 amide bonds. The Balaban J connectivity index is 4.12. The number of rotatable bonds is 7. The summed E-state index contributed by atoms with van der Waals surface area (Å²) in [5, 5.41) is 11.8. The molecule has 0 unspecified atom stereocenters. The number of urea groups is 1. The zero-order valence-electron chi connectivity index (χ0n) is 11.9. The van der Waals surface area contributed by atoms with E-state index in [2.05, 4.69) is 33.0 Å². The number of hydrogen-bond donors (Lipinski definition) is 2. The van der Waals surface area contributed by atoms with Crippen LogP contribution in [0, 0.1) is 11.3 Å². The summed E-state index contributed by atoms with van der Waals surface area (Å²) in [4.78, 5) is 13.4. The molecule has 0 aromatic rings. The maximum atomic E-state index is 11.8. The summed E-state index contributed by atoms with van der Waals surface area (Å²) in [6.45, 7) is 12.3. The normalized spacial score (nSPS) is 11.7. The first-order valence-electron chi connectivity index (χ1n) is 6.46. The Kier molecular flexibility index (Phi) is 7.19. The van der Waals surface area contributed by atoms with Crippen LogP contribution in [0.5, 0.6) is 0 Å². The Morgan fingerprint density at radius 2 is 2.00 bits per heavy atom. The predicted octanol–water partition coefficient (Wildman–Crippen LogP) is 2.08. The second-order valence-electron chi connectivity index (χ2n) is 5.72. The van der Waals surface area contributed by atoms with E-state index in [0.717, 1.165) is 6.42 Å². The van der Waals surface area contributed by atoms with Crippen LogP contribution in [0.1, 0.15) is 41.0 Å². The fourth-order valence-electron chi connectivity index (χ4n) is 2.13. The molecule has 0 aliphatic carbocycles. The Labute approximate surface area is 105 Å². The van der Waals surface area contributed by atoms with Crippen molar-refractivity contribution in [2.75, 3.05) is 26.2 Å². The maximum absolute atomic E-state index is 11.8. The highest BCUT2D eigenvalue weighted by Gasteiger charge is 2.21. The van der Waals surface area contributed by atoms with E-state index in [1.807, 2.05) is 6.92 Å². The molecule has 2 N–H and O–H groups in total. The summed E-state index contributed by atoms with van der Waals surface area (Å²) in [5.41, 5.74) is 0.114. The number of amides is 2. The average molecular weight is 244 g/mol. The van der Waals surface area contributed by atoms with Gasteiger partial charge in [-0.3, -0.25) is 0 Å². The van der Waals surface area contributed by atoms with Crippen molar-refractivity contribution in [2.45, 2.75) is 41.0 Å². The van der Waals surface area contributed by atoms with Crippen LogP contribution in [0.4, 0.5) is 4.79 Å². The van der Waals surface area contributed by atoms with Crippen LogP contribution in [0.15, 0.2) is 0 Å². The maximum Gasteiger partial charge on any atom is 0.317 e. The van der Waals surface area contributed by atoms with Crippen LogP contribution in [-0.2, 0) is 0 Å². The van der Waals surface area contributed by atoms with Gasteiger partial charge < -0.3 is 15.3 Å². The van der Waals surface area contributed by atoms with Crippen LogP contribution >= 0.6 is 0 Å². The van der Waals surface area contributed by atoms with Crippen LogP contribution in [-0.4, -0.2) is 42.3 Å². The van der Waals surface area contributed by atoms with E-state index in [-0.39, 0.29) is 18.1 Å². The van der Waals surface area contributed by atoms with Gasteiger partial charge in [-0.1, -0.05) is 27.7 Å². The highest BCUT2D eigenvalue weighted by Crippen LogP contribution is 2.24. The smallest absolute Gasteiger partial charge is 0.317 e. The average Bonchev–Trinajstić information content (AvgIpc) is 2.21. The van der Waals surface area contributed by atoms with Gasteiger partial charge in [0.1, 0.15) is 0 Å². The van der Waals surface area contributed by atoms with Gasteiger partial charge in [0.05, 0.1) is 6.61 Å². The van der Waals surface area contributed by atoms with Crippen molar-refractivity contribution in [3.63, 3.8) is 0 Å². The van der Waals surface area contributed by atoms with Gasteiger partial charge in [-0.25, -0.2) is 4.79 Å². The number of nitrogens with one attached hydrogen (secondary N) is 1. The Morgan fingerprint density at radius 1 is 1.41 bits per heavy atom. The molecule has 0 aliphatic rings. The molecule has 0 saturated carbocycles. The topological polar surface area (TPSA) is 52.6 Å². The second kappa shape index (κ2) is 7.54. The van der Waals surface area contributed by atoms with Gasteiger partial charge in [0, 0.05) is 19.6 Å². The quantitative estimate of drug-likeness (QED) is 0.720. The molecule has 0 bridgehead atoms. The SMILES string of the molecule is CCN(CCO)C(=O)NCC(C)(C)CC(C)C. The van der Waals surface area contributed by atoms with Crippen molar-refractivity contribution in [1.29, 1.82) is 0 Å². The van der Waals surface area contributed by atoms with Crippen LogP contribution in [0.25, 0.3) is 0 Å². The van der Waals surface area contributed by atoms with Gasteiger partial charge in [0.25, 0.3) is 0 Å². The van der Waals surface area contributed by atoms with Gasteiger partial charge in [-0.05, 0) is 24.7 Å². The molecule has 17 heavy (non-hydrogen) atoms. The van der Waals surface area contributed by atoms with E-state index in [1.54, 1.807) is 4.90 Å². The van der Waals surface area contributed by atoms with Crippen LogP contribution < -0.4 is 5.32 Å². The minimum absolute atomic E-state index is 0.0106. The minimum Gasteiger partial charge on any atom is -0.395 e. The molecule has 0 rings (SSSR count). The number of aliphatic hydroxyl groups excluding tert-OH is 1. The van der Waals surface area contributed by atoms with E-state index in [9.17, 15) is 4.79 Å². The summed E-state index contributed by atoms with van der Waals surface area (Å²) >= 11 is 0. The van der Waals surface area contributed by atoms with Crippen molar-refractivity contribution in [2.24, 2.45) is 11.3 Å². The number of carbonyl (C=O) groups excluding carboxylic acids is 1. The number of likely N-dealkylation sites (N-methyl/N-ethyl adjacent to an activating group) is 1. The fraction of sp³-hybridized carbons (Fsp3) is 0.923. The molecule has 0 spiro atoms. The van der Waals surface area contributed by atoms with Gasteiger partial charge in [0.15, 0.2) is 0 Å². The molecule has 0 aliphatic heterocycles. The Bertz CT molecular complexity index is 227. The molecule has 102 valence electrons. The lowest BCUT2D eigenvalue weighted by Gasteiger charge is -2.29. The summed E-state index contributed by atoms with van der Waals surface area (Å²) in [7, 11) is 0. The summed E-state index contributed by atoms with van der Waals surface area (Å²) in [6, 6.07) is -0.0848. The van der Waals surface area contributed by atoms with Crippen molar-refractivity contribution < 1.29 is 9.90 Å². The van der Waals surface area contributed by atoms with E-state index in [0.29, 0.717) is 25.6 Å². The fourth-order valence-corrected chi connectivity index (χ4v) is 2.13. The van der Waals surface area contributed by atoms with E-state index < -0.39 is 0 Å². The molecular formula is C13H28N2O2. The molecule has 0 heterocycles. The molecule has 0 fully saturated rings. The Hall–Kier alpha value is -0.770. The second-order valence-corrected chi connectivity index (χ2v) is 5.72. The third-order valence-corrected chi connectivity index (χ3v) is 2.72. The number of carbonyl (C=O) groups is 1. The van der Waals surface area contributed by atoms with Crippen molar-refractivity contribution in [1.82, 2.24) is 10.2 Å². The highest BCUT2D eigenvalue weighted by molar-refractivity contribution is 5.74. The molecule has 0 atom stereocenters. The number of nitrogens with zero attached hydrogens (tertiary/aromatic N) is 1. The largest absolute Gasteiger partial charge is 0.395 e. The third-order valence-electron chi connectivity index (χ3n) is 2.72. The first-order valence-corrected chi connectivity index (χ1v) is 6.46. The first-order chi connectivity index (χ1) is 7.82. The van der Waals surface area contributed by atoms with E-state index in [1.165, 1.54) is 0 Å². The number of hydrogen-bond acceptors (Lipinski definition) is 2. The monoisotopic (exact) mass is 244 g/mol. The summed E-state index contributed by atoms with van der Waals surface area (Å²) in [5.74, 6) is 0.627. The van der Waals surface area contributed by atoms with Crippen LogP contribution in [0.3, 0.4) is 0 Å². The standard InChI is InChI=1S/C13H28N2O2/c1-6-15(7-8-16)12(17)14-10-13(4,5)9-11(2)3/h11,16H,6-10H2,1-5H3,(H,14,17). The van der Waals surface area contributed by atoms with Gasteiger partial charge in [-0.15, -0.1) is 0 Å². The zero-order chi connectivity index (χ0) is 13.5. The lowest BCUT2D eigenvalue weighted by molar-refractivity contribution is 0.173. The van der Waals surface area contributed by atoms with E-state index >= 15 is 0 Å². The number of aliphatic hydroxyl groups is 1. The lowest BCUT2D eigenvalue weighted by Crippen LogP contribution is -2.44. The van der Waals surface area contributed by atoms with Gasteiger partial charge in [-0.2, -0.15) is 0 Å². The minimum atomic E-state index is -0.0848. The third kappa shape index (κ3) is 7.21. The molecule has 4 nitrogen and oxygen atoms in total. The molecule has 0 aromatic carbocycles. The predicted molar refractivity (Wildman–Crippen MR) is 71.0 cm³/mol. The van der Waals surface area contributed by atoms with Gasteiger partial charge in [0.2, 0.25) is 0 Å². The van der Waals surface area contributed by atoms with Crippen molar-refractivity contribution >= 4 is 6.03 Å². The van der Waals surface area contributed by atoms with Crippen molar-refractivity contribution in [3.05, 3.63) is 0 Å². The van der Waals surface area contributed by atoms with Crippen LogP contribution in [0.2, 0.25) is 0 Å². The highest BCUT2D eigenvalue weighted by atomic mass is 16.3. The van der Waals surface area contributed by atoms with E-state index in [4.69, 9.17) is 5.11 Å². The Morgan fingerprint density at radius 3 is 2.41 bits per heavy atom. The molecule has 0 aromatic heterocycles. The summed E-state index contributed by atoms with van der Waals surface area (Å²) in [6.07, 6.45) is 1.08. The molecular weight excluding hydrogens is 216 g/mol. The van der Waals surface area contributed by atoms with Crippen molar-refractivity contribution in [3.8, 4) is 0 Å². The lowest BCUT2D eigenvalue weighted by atomic mass is 9.84. The molecule has 4 heteroatoms. The zero-order valence-corrected chi connectivity index (χ0v) is 11.9. The van der Waals surface area contributed by atoms with Gasteiger partial charge >= 0.3 is 6.03 Å². The molecule has 0 radical (unpaired) electrons. The first kappa shape index (κ1) is 16.2.